The second-order valence-electron chi connectivity index (χ2n) is 3.80. The van der Waals surface area contributed by atoms with E-state index in [1.54, 1.807) is 6.92 Å². The van der Waals surface area contributed by atoms with Gasteiger partial charge >= 0.3 is 0 Å². The Morgan fingerprint density at radius 3 is 2.00 bits per heavy atom. The van der Waals surface area contributed by atoms with Gasteiger partial charge in [0.25, 0.3) is 0 Å². The summed E-state index contributed by atoms with van der Waals surface area (Å²) in [6, 6.07) is 0. The van der Waals surface area contributed by atoms with E-state index in [0.717, 1.165) is 12.8 Å². The molecule has 0 fully saturated rings. The van der Waals surface area contributed by atoms with E-state index in [4.69, 9.17) is 0 Å². The summed E-state index contributed by atoms with van der Waals surface area (Å²) in [7, 11) is 0. The number of hydrogen-bond acceptors (Lipinski definition) is 2. The molecule has 0 amide bonds. The van der Waals surface area contributed by atoms with Crippen LogP contribution in [0.1, 0.15) is 40.5 Å². The summed E-state index contributed by atoms with van der Waals surface area (Å²) in [5.74, 6) is 0. The normalized spacial score (nSPS) is 18.0. The van der Waals surface area contributed by atoms with Gasteiger partial charge in [-0.05, 0) is 13.3 Å². The predicted octanol–water partition coefficient (Wildman–Crippen LogP) is 1.55. The zero-order valence-electron chi connectivity index (χ0n) is 7.96. The van der Waals surface area contributed by atoms with Gasteiger partial charge in [0.15, 0.2) is 0 Å². The van der Waals surface area contributed by atoms with Gasteiger partial charge in [0.05, 0.1) is 12.2 Å². The molecule has 2 atom stereocenters. The average molecular weight is 160 g/mol. The SMILES string of the molecule is CCCC(O)C(C)(C)C(C)O. The standard InChI is InChI=1S/C9H20O2/c1-5-6-8(11)9(3,4)7(2)10/h7-8,10-11H,5-6H2,1-4H3. The van der Waals surface area contributed by atoms with E-state index in [9.17, 15) is 10.2 Å². The van der Waals surface area contributed by atoms with E-state index < -0.39 is 12.2 Å². The van der Waals surface area contributed by atoms with Crippen molar-refractivity contribution in [2.75, 3.05) is 0 Å². The first-order chi connectivity index (χ1) is 4.92. The highest BCUT2D eigenvalue weighted by Crippen LogP contribution is 2.27. The quantitative estimate of drug-likeness (QED) is 0.655. The fourth-order valence-corrected chi connectivity index (χ4v) is 0.924. The molecular weight excluding hydrogens is 140 g/mol. The van der Waals surface area contributed by atoms with Crippen molar-refractivity contribution in [2.24, 2.45) is 5.41 Å². The van der Waals surface area contributed by atoms with Crippen molar-refractivity contribution in [1.29, 1.82) is 0 Å². The van der Waals surface area contributed by atoms with Crippen LogP contribution in [-0.2, 0) is 0 Å². The second kappa shape index (κ2) is 4.07. The lowest BCUT2D eigenvalue weighted by molar-refractivity contribution is -0.0421. The minimum atomic E-state index is -0.455. The Morgan fingerprint density at radius 1 is 1.27 bits per heavy atom. The Hall–Kier alpha value is -0.0800. The van der Waals surface area contributed by atoms with Crippen LogP contribution in [0.2, 0.25) is 0 Å². The van der Waals surface area contributed by atoms with Crippen molar-refractivity contribution in [3.05, 3.63) is 0 Å². The van der Waals surface area contributed by atoms with Crippen LogP contribution in [0.25, 0.3) is 0 Å². The Kier molecular flexibility index (Phi) is 4.04. The summed E-state index contributed by atoms with van der Waals surface area (Å²) in [4.78, 5) is 0. The van der Waals surface area contributed by atoms with Crippen molar-refractivity contribution in [3.8, 4) is 0 Å². The van der Waals surface area contributed by atoms with E-state index in [1.807, 2.05) is 20.8 Å². The van der Waals surface area contributed by atoms with E-state index in [2.05, 4.69) is 0 Å². The van der Waals surface area contributed by atoms with Crippen LogP contribution in [0, 0.1) is 5.41 Å². The molecule has 11 heavy (non-hydrogen) atoms. The van der Waals surface area contributed by atoms with Crippen LogP contribution >= 0.6 is 0 Å². The van der Waals surface area contributed by atoms with Crippen LogP contribution in [-0.4, -0.2) is 22.4 Å². The fraction of sp³-hybridized carbons (Fsp3) is 1.00. The highest BCUT2D eigenvalue weighted by atomic mass is 16.3. The van der Waals surface area contributed by atoms with Gasteiger partial charge in [0.1, 0.15) is 0 Å². The Balaban J connectivity index is 4.05. The Morgan fingerprint density at radius 2 is 1.73 bits per heavy atom. The molecule has 2 unspecified atom stereocenters. The summed E-state index contributed by atoms with van der Waals surface area (Å²) >= 11 is 0. The highest BCUT2D eigenvalue weighted by Gasteiger charge is 2.31. The van der Waals surface area contributed by atoms with Crippen LogP contribution < -0.4 is 0 Å². The molecule has 0 aromatic heterocycles. The molecule has 0 aliphatic carbocycles. The van der Waals surface area contributed by atoms with Gasteiger partial charge in [0, 0.05) is 5.41 Å². The average Bonchev–Trinajstić information content (AvgIpc) is 1.88. The van der Waals surface area contributed by atoms with Gasteiger partial charge in [-0.2, -0.15) is 0 Å². The van der Waals surface area contributed by atoms with Gasteiger partial charge in [-0.25, -0.2) is 0 Å². The zero-order valence-corrected chi connectivity index (χ0v) is 7.96. The summed E-state index contributed by atoms with van der Waals surface area (Å²) in [5.41, 5.74) is -0.379. The third-order valence-corrected chi connectivity index (χ3v) is 2.50. The molecule has 0 aromatic rings. The Bertz CT molecular complexity index is 108. The monoisotopic (exact) mass is 160 g/mol. The van der Waals surface area contributed by atoms with Gasteiger partial charge < -0.3 is 10.2 Å². The lowest BCUT2D eigenvalue weighted by atomic mass is 9.80. The summed E-state index contributed by atoms with van der Waals surface area (Å²) in [6.45, 7) is 7.52. The van der Waals surface area contributed by atoms with E-state index in [-0.39, 0.29) is 5.41 Å². The third kappa shape index (κ3) is 2.80. The molecular formula is C9H20O2. The first kappa shape index (κ1) is 10.9. The molecule has 0 aliphatic heterocycles. The van der Waals surface area contributed by atoms with E-state index >= 15 is 0 Å². The molecule has 0 bridgehead atoms. The lowest BCUT2D eigenvalue weighted by Gasteiger charge is -2.33. The van der Waals surface area contributed by atoms with Gasteiger partial charge in [-0.3, -0.25) is 0 Å². The van der Waals surface area contributed by atoms with Crippen LogP contribution in [0.15, 0.2) is 0 Å². The van der Waals surface area contributed by atoms with Crippen molar-refractivity contribution >= 4 is 0 Å². The highest BCUT2D eigenvalue weighted by molar-refractivity contribution is 4.81. The number of aliphatic hydroxyl groups is 2. The van der Waals surface area contributed by atoms with Crippen LogP contribution in [0.5, 0.6) is 0 Å². The van der Waals surface area contributed by atoms with Gasteiger partial charge in [-0.15, -0.1) is 0 Å². The molecule has 68 valence electrons. The maximum Gasteiger partial charge on any atom is 0.0615 e. The lowest BCUT2D eigenvalue weighted by Crippen LogP contribution is -2.38. The van der Waals surface area contributed by atoms with E-state index in [0.29, 0.717) is 0 Å². The van der Waals surface area contributed by atoms with Crippen molar-refractivity contribution in [1.82, 2.24) is 0 Å². The maximum absolute atomic E-state index is 9.59. The summed E-state index contributed by atoms with van der Waals surface area (Å²) < 4.78 is 0. The summed E-state index contributed by atoms with van der Waals surface area (Å²) in [5, 5.41) is 18.9. The number of hydrogen-bond donors (Lipinski definition) is 2. The van der Waals surface area contributed by atoms with Crippen molar-refractivity contribution < 1.29 is 10.2 Å². The smallest absolute Gasteiger partial charge is 0.0615 e. The largest absolute Gasteiger partial charge is 0.393 e. The molecule has 2 heteroatoms. The van der Waals surface area contributed by atoms with E-state index in [1.165, 1.54) is 0 Å². The minimum Gasteiger partial charge on any atom is -0.393 e. The minimum absolute atomic E-state index is 0.379. The molecule has 2 N–H and O–H groups in total. The van der Waals surface area contributed by atoms with Gasteiger partial charge in [-0.1, -0.05) is 27.2 Å². The summed E-state index contributed by atoms with van der Waals surface area (Å²) in [6.07, 6.45) is 0.867. The van der Waals surface area contributed by atoms with Crippen LogP contribution in [0.3, 0.4) is 0 Å². The van der Waals surface area contributed by atoms with Crippen LogP contribution in [0.4, 0.5) is 0 Å². The molecule has 0 saturated heterocycles. The second-order valence-corrected chi connectivity index (χ2v) is 3.80. The number of rotatable bonds is 4. The first-order valence-corrected chi connectivity index (χ1v) is 4.29. The Labute approximate surface area is 69.2 Å². The topological polar surface area (TPSA) is 40.5 Å². The molecule has 0 saturated carbocycles. The first-order valence-electron chi connectivity index (χ1n) is 4.29. The fourth-order valence-electron chi connectivity index (χ4n) is 0.924. The molecule has 0 heterocycles. The molecule has 0 radical (unpaired) electrons. The van der Waals surface area contributed by atoms with Crippen molar-refractivity contribution in [3.63, 3.8) is 0 Å². The maximum atomic E-state index is 9.59. The predicted molar refractivity (Wildman–Crippen MR) is 46.4 cm³/mol. The molecule has 0 spiro atoms. The third-order valence-electron chi connectivity index (χ3n) is 2.50. The number of aliphatic hydroxyl groups excluding tert-OH is 2. The molecule has 0 aliphatic rings. The van der Waals surface area contributed by atoms with Crippen molar-refractivity contribution in [2.45, 2.75) is 52.7 Å². The van der Waals surface area contributed by atoms with Gasteiger partial charge in [0.2, 0.25) is 0 Å². The molecule has 0 aromatic carbocycles. The molecule has 0 rings (SSSR count). The zero-order chi connectivity index (χ0) is 9.07. The molecule has 2 nitrogen and oxygen atoms in total.